The van der Waals surface area contributed by atoms with Crippen molar-refractivity contribution in [3.8, 4) is 0 Å². The number of hydrogen-bond donors (Lipinski definition) is 2. The lowest BCUT2D eigenvalue weighted by molar-refractivity contribution is -0.141. The van der Waals surface area contributed by atoms with Crippen LogP contribution in [0.2, 0.25) is 0 Å². The summed E-state index contributed by atoms with van der Waals surface area (Å²) in [6.45, 7) is 8.55. The number of nitrogens with one attached hydrogen (secondary N) is 1. The first-order valence-electron chi connectivity index (χ1n) is 6.87. The van der Waals surface area contributed by atoms with Crippen molar-refractivity contribution in [2.45, 2.75) is 51.1 Å². The van der Waals surface area contributed by atoms with Crippen LogP contribution in [-0.4, -0.2) is 57.9 Å². The van der Waals surface area contributed by atoms with Crippen LogP contribution in [0.4, 0.5) is 4.79 Å². The molecule has 1 rings (SSSR count). The number of nitrogens with zero attached hydrogens (tertiary/aromatic N) is 1. The fraction of sp³-hybridized carbons (Fsp3) is 0.846. The average Bonchev–Trinajstić information content (AvgIpc) is 2.80. The van der Waals surface area contributed by atoms with Gasteiger partial charge in [-0.05, 0) is 27.2 Å². The Morgan fingerprint density at radius 2 is 2.10 bits per heavy atom. The number of ether oxygens (including phenoxy) is 1. The first kappa shape index (κ1) is 17.1. The van der Waals surface area contributed by atoms with Crippen LogP contribution < -0.4 is 5.32 Å². The Morgan fingerprint density at radius 1 is 1.45 bits per heavy atom. The number of thioether (sulfide) groups is 1. The van der Waals surface area contributed by atoms with E-state index in [1.165, 1.54) is 16.7 Å². The molecule has 1 heterocycles. The Labute approximate surface area is 124 Å². The van der Waals surface area contributed by atoms with Gasteiger partial charge in [0.15, 0.2) is 0 Å². The van der Waals surface area contributed by atoms with Crippen molar-refractivity contribution in [3.63, 3.8) is 0 Å². The standard InChI is InChI=1S/C13H24N2O4S/c1-5-10-15(9(7-20-10)11(16)17)12(18)14-8-13(3,4)19-6-2/h9-10H,5-8H2,1-4H3,(H,14,18)(H,16,17). The summed E-state index contributed by atoms with van der Waals surface area (Å²) in [4.78, 5) is 24.9. The molecule has 6 nitrogen and oxygen atoms in total. The molecule has 0 spiro atoms. The van der Waals surface area contributed by atoms with E-state index >= 15 is 0 Å². The third-order valence-corrected chi connectivity index (χ3v) is 4.62. The van der Waals surface area contributed by atoms with Gasteiger partial charge in [0.2, 0.25) is 0 Å². The van der Waals surface area contributed by atoms with Crippen LogP contribution in [0.5, 0.6) is 0 Å². The second-order valence-electron chi connectivity index (χ2n) is 5.31. The number of aliphatic carboxylic acids is 1. The highest BCUT2D eigenvalue weighted by atomic mass is 32.2. The molecule has 0 saturated carbocycles. The smallest absolute Gasteiger partial charge is 0.327 e. The predicted octanol–water partition coefficient (Wildman–Crippen LogP) is 1.75. The number of carboxylic acid groups (broad SMARTS) is 1. The highest BCUT2D eigenvalue weighted by Gasteiger charge is 2.41. The molecule has 7 heteroatoms. The van der Waals surface area contributed by atoms with E-state index in [4.69, 9.17) is 4.74 Å². The second kappa shape index (κ2) is 7.17. The molecule has 2 amide bonds. The van der Waals surface area contributed by atoms with Crippen molar-refractivity contribution < 1.29 is 19.4 Å². The van der Waals surface area contributed by atoms with Crippen LogP contribution in [0.3, 0.4) is 0 Å². The molecule has 0 radical (unpaired) electrons. The van der Waals surface area contributed by atoms with Gasteiger partial charge in [-0.25, -0.2) is 9.59 Å². The molecule has 1 saturated heterocycles. The molecular weight excluding hydrogens is 280 g/mol. The number of carbonyl (C=O) groups excluding carboxylic acids is 1. The number of urea groups is 1. The van der Waals surface area contributed by atoms with Gasteiger partial charge < -0.3 is 15.2 Å². The normalized spacial score (nSPS) is 22.9. The second-order valence-corrected chi connectivity index (χ2v) is 6.52. The maximum Gasteiger partial charge on any atom is 0.327 e. The van der Waals surface area contributed by atoms with Gasteiger partial charge in [-0.3, -0.25) is 4.90 Å². The van der Waals surface area contributed by atoms with Gasteiger partial charge in [0.05, 0.1) is 11.0 Å². The molecule has 2 unspecified atom stereocenters. The van der Waals surface area contributed by atoms with Gasteiger partial charge >= 0.3 is 12.0 Å². The minimum absolute atomic E-state index is 0.0775. The van der Waals surface area contributed by atoms with Gasteiger partial charge in [-0.2, -0.15) is 0 Å². The molecule has 1 aliphatic rings. The minimum Gasteiger partial charge on any atom is -0.480 e. The summed E-state index contributed by atoms with van der Waals surface area (Å²) in [6.07, 6.45) is 0.733. The molecular formula is C13H24N2O4S. The Bertz CT molecular complexity index is 362. The van der Waals surface area contributed by atoms with Gasteiger partial charge in [0.1, 0.15) is 6.04 Å². The lowest BCUT2D eigenvalue weighted by atomic mass is 10.1. The predicted molar refractivity (Wildman–Crippen MR) is 78.9 cm³/mol. The topological polar surface area (TPSA) is 78.9 Å². The summed E-state index contributed by atoms with van der Waals surface area (Å²) in [7, 11) is 0. The van der Waals surface area contributed by atoms with Gasteiger partial charge in [-0.15, -0.1) is 11.8 Å². The van der Waals surface area contributed by atoms with Gasteiger partial charge in [-0.1, -0.05) is 6.92 Å². The van der Waals surface area contributed by atoms with E-state index in [2.05, 4.69) is 5.32 Å². The largest absolute Gasteiger partial charge is 0.480 e. The molecule has 2 atom stereocenters. The van der Waals surface area contributed by atoms with E-state index in [0.717, 1.165) is 6.42 Å². The Balaban J connectivity index is 2.65. The Morgan fingerprint density at radius 3 is 2.60 bits per heavy atom. The summed E-state index contributed by atoms with van der Waals surface area (Å²) < 4.78 is 5.52. The van der Waals surface area contributed by atoms with Crippen molar-refractivity contribution >= 4 is 23.8 Å². The lowest BCUT2D eigenvalue weighted by Gasteiger charge is -2.30. The number of hydrogen-bond acceptors (Lipinski definition) is 4. The van der Waals surface area contributed by atoms with Crippen LogP contribution in [0.15, 0.2) is 0 Å². The fourth-order valence-corrected chi connectivity index (χ4v) is 3.51. The zero-order valence-electron chi connectivity index (χ0n) is 12.5. The molecule has 20 heavy (non-hydrogen) atoms. The summed E-state index contributed by atoms with van der Waals surface area (Å²) in [5.74, 6) is -0.511. The van der Waals surface area contributed by atoms with Crippen LogP contribution >= 0.6 is 11.8 Å². The molecule has 0 aromatic rings. The number of rotatable bonds is 6. The number of carbonyl (C=O) groups is 2. The SMILES string of the molecule is CCOC(C)(C)CNC(=O)N1C(CC)SCC1C(=O)O. The molecule has 0 aliphatic carbocycles. The maximum atomic E-state index is 12.3. The molecule has 2 N–H and O–H groups in total. The first-order chi connectivity index (χ1) is 9.32. The Hall–Kier alpha value is -0.950. The van der Waals surface area contributed by atoms with Crippen molar-refractivity contribution in [1.29, 1.82) is 0 Å². The third kappa shape index (κ3) is 4.28. The zero-order valence-corrected chi connectivity index (χ0v) is 13.3. The molecule has 1 fully saturated rings. The van der Waals surface area contributed by atoms with E-state index in [0.29, 0.717) is 18.9 Å². The van der Waals surface area contributed by atoms with Gasteiger partial charge in [0.25, 0.3) is 0 Å². The van der Waals surface area contributed by atoms with Crippen molar-refractivity contribution in [3.05, 3.63) is 0 Å². The van der Waals surface area contributed by atoms with Crippen molar-refractivity contribution in [1.82, 2.24) is 10.2 Å². The highest BCUT2D eigenvalue weighted by molar-refractivity contribution is 8.00. The maximum absolute atomic E-state index is 12.3. The van der Waals surface area contributed by atoms with E-state index in [1.54, 1.807) is 0 Å². The van der Waals surface area contributed by atoms with Crippen LogP contribution in [0.1, 0.15) is 34.1 Å². The van der Waals surface area contributed by atoms with Crippen LogP contribution in [0, 0.1) is 0 Å². The average molecular weight is 304 g/mol. The quantitative estimate of drug-likeness (QED) is 0.781. The molecule has 0 aromatic carbocycles. The van der Waals surface area contributed by atoms with Crippen LogP contribution in [-0.2, 0) is 9.53 Å². The first-order valence-corrected chi connectivity index (χ1v) is 7.91. The van der Waals surface area contributed by atoms with E-state index in [1.807, 2.05) is 27.7 Å². The Kier molecular flexibility index (Phi) is 6.13. The van der Waals surface area contributed by atoms with Crippen molar-refractivity contribution in [2.24, 2.45) is 0 Å². The number of carboxylic acids is 1. The van der Waals surface area contributed by atoms with E-state index in [9.17, 15) is 14.7 Å². The molecule has 0 aromatic heterocycles. The molecule has 1 aliphatic heterocycles. The van der Waals surface area contributed by atoms with Crippen LogP contribution in [0.25, 0.3) is 0 Å². The molecule has 116 valence electrons. The zero-order chi connectivity index (χ0) is 15.3. The number of amides is 2. The fourth-order valence-electron chi connectivity index (χ4n) is 2.16. The lowest BCUT2D eigenvalue weighted by Crippen LogP contribution is -2.52. The van der Waals surface area contributed by atoms with E-state index < -0.39 is 17.6 Å². The van der Waals surface area contributed by atoms with Gasteiger partial charge in [0, 0.05) is 18.9 Å². The summed E-state index contributed by atoms with van der Waals surface area (Å²) in [5.41, 5.74) is -0.461. The van der Waals surface area contributed by atoms with E-state index in [-0.39, 0.29) is 11.4 Å². The summed E-state index contributed by atoms with van der Waals surface area (Å²) >= 11 is 1.51. The summed E-state index contributed by atoms with van der Waals surface area (Å²) in [5, 5.41) is 11.9. The van der Waals surface area contributed by atoms with Crippen molar-refractivity contribution in [2.75, 3.05) is 18.9 Å². The monoisotopic (exact) mass is 304 g/mol. The summed E-state index contributed by atoms with van der Waals surface area (Å²) in [6, 6.07) is -1.08. The molecule has 0 bridgehead atoms. The minimum atomic E-state index is -0.951. The highest BCUT2D eigenvalue weighted by Crippen LogP contribution is 2.31. The third-order valence-electron chi connectivity index (χ3n) is 3.16.